The lowest BCUT2D eigenvalue weighted by Gasteiger charge is -2.39. The van der Waals surface area contributed by atoms with Crippen LogP contribution in [0.2, 0.25) is 0 Å². The summed E-state index contributed by atoms with van der Waals surface area (Å²) in [5, 5.41) is 0. The minimum atomic E-state index is -1.11. The zero-order chi connectivity index (χ0) is 10.8. The molecule has 0 aliphatic heterocycles. The van der Waals surface area contributed by atoms with E-state index in [-0.39, 0.29) is 12.5 Å². The van der Waals surface area contributed by atoms with Crippen LogP contribution in [-0.2, 0) is 0 Å². The second kappa shape index (κ2) is 4.61. The van der Waals surface area contributed by atoms with Gasteiger partial charge in [-0.3, -0.25) is 0 Å². The molecule has 0 spiro atoms. The Morgan fingerprint density at radius 3 is 2.07 bits per heavy atom. The SMILES string of the molecule is CCC(F)(CN)C1CC(C)CC(C)C1. The number of rotatable bonds is 3. The minimum absolute atomic E-state index is 0.188. The van der Waals surface area contributed by atoms with Crippen molar-refractivity contribution in [2.75, 3.05) is 6.54 Å². The van der Waals surface area contributed by atoms with Gasteiger partial charge >= 0.3 is 0 Å². The summed E-state index contributed by atoms with van der Waals surface area (Å²) >= 11 is 0. The maximum atomic E-state index is 14.4. The normalized spacial score (nSPS) is 37.9. The average molecular weight is 201 g/mol. The molecule has 0 aromatic rings. The van der Waals surface area contributed by atoms with Crippen LogP contribution in [0.1, 0.15) is 46.5 Å². The van der Waals surface area contributed by atoms with E-state index in [1.165, 1.54) is 6.42 Å². The second-order valence-electron chi connectivity index (χ2n) is 5.21. The molecule has 0 aromatic heterocycles. The summed E-state index contributed by atoms with van der Waals surface area (Å²) in [5.41, 5.74) is 4.46. The lowest BCUT2D eigenvalue weighted by molar-refractivity contribution is 0.0316. The van der Waals surface area contributed by atoms with E-state index in [1.807, 2.05) is 6.92 Å². The molecule has 1 saturated carbocycles. The van der Waals surface area contributed by atoms with E-state index in [0.29, 0.717) is 18.3 Å². The van der Waals surface area contributed by atoms with E-state index in [0.717, 1.165) is 12.8 Å². The van der Waals surface area contributed by atoms with Gasteiger partial charge in [-0.2, -0.15) is 0 Å². The Labute approximate surface area is 87.3 Å². The van der Waals surface area contributed by atoms with Gasteiger partial charge in [-0.15, -0.1) is 0 Å². The van der Waals surface area contributed by atoms with Gasteiger partial charge < -0.3 is 5.73 Å². The van der Waals surface area contributed by atoms with Crippen molar-refractivity contribution in [3.63, 3.8) is 0 Å². The number of hydrogen-bond acceptors (Lipinski definition) is 1. The summed E-state index contributed by atoms with van der Waals surface area (Å²) < 4.78 is 14.4. The molecule has 0 amide bonds. The first-order valence-electron chi connectivity index (χ1n) is 5.90. The summed E-state index contributed by atoms with van der Waals surface area (Å²) in [5.74, 6) is 1.52. The van der Waals surface area contributed by atoms with Crippen LogP contribution in [0, 0.1) is 17.8 Å². The first-order chi connectivity index (χ1) is 6.51. The van der Waals surface area contributed by atoms with Crippen molar-refractivity contribution in [1.29, 1.82) is 0 Å². The van der Waals surface area contributed by atoms with Crippen LogP contribution in [0.3, 0.4) is 0 Å². The molecular formula is C12H24FN. The topological polar surface area (TPSA) is 26.0 Å². The maximum absolute atomic E-state index is 14.4. The van der Waals surface area contributed by atoms with Crippen LogP contribution in [0.25, 0.3) is 0 Å². The van der Waals surface area contributed by atoms with Crippen LogP contribution in [-0.4, -0.2) is 12.2 Å². The lowest BCUT2D eigenvalue weighted by atomic mass is 9.69. The summed E-state index contributed by atoms with van der Waals surface area (Å²) in [6.45, 7) is 6.56. The van der Waals surface area contributed by atoms with E-state index >= 15 is 0 Å². The van der Waals surface area contributed by atoms with Gasteiger partial charge in [0.25, 0.3) is 0 Å². The predicted octanol–water partition coefficient (Wildman–Crippen LogP) is 3.14. The van der Waals surface area contributed by atoms with Gasteiger partial charge in [-0.05, 0) is 43.4 Å². The van der Waals surface area contributed by atoms with E-state index in [9.17, 15) is 4.39 Å². The fourth-order valence-electron chi connectivity index (χ4n) is 2.97. The van der Waals surface area contributed by atoms with Crippen molar-refractivity contribution < 1.29 is 4.39 Å². The Morgan fingerprint density at radius 2 is 1.71 bits per heavy atom. The molecule has 3 unspecified atom stereocenters. The Kier molecular flexibility index (Phi) is 3.94. The second-order valence-corrected chi connectivity index (χ2v) is 5.21. The third-order valence-electron chi connectivity index (χ3n) is 3.84. The highest BCUT2D eigenvalue weighted by Crippen LogP contribution is 2.41. The minimum Gasteiger partial charge on any atom is -0.328 e. The van der Waals surface area contributed by atoms with Crippen LogP contribution < -0.4 is 5.73 Å². The van der Waals surface area contributed by atoms with Gasteiger partial charge in [0.05, 0.1) is 0 Å². The zero-order valence-electron chi connectivity index (χ0n) is 9.72. The van der Waals surface area contributed by atoms with Gasteiger partial charge in [0, 0.05) is 6.54 Å². The Bertz CT molecular complexity index is 167. The zero-order valence-corrected chi connectivity index (χ0v) is 9.72. The summed E-state index contributed by atoms with van der Waals surface area (Å²) in [6, 6.07) is 0. The number of hydrogen-bond donors (Lipinski definition) is 1. The Balaban J connectivity index is 2.66. The molecule has 0 saturated heterocycles. The highest BCUT2D eigenvalue weighted by Gasteiger charge is 2.39. The molecule has 84 valence electrons. The smallest absolute Gasteiger partial charge is 0.125 e. The molecule has 14 heavy (non-hydrogen) atoms. The highest BCUT2D eigenvalue weighted by atomic mass is 19.1. The molecular weight excluding hydrogens is 177 g/mol. The monoisotopic (exact) mass is 201 g/mol. The third kappa shape index (κ3) is 2.47. The predicted molar refractivity (Wildman–Crippen MR) is 58.9 cm³/mol. The van der Waals surface area contributed by atoms with Crippen molar-refractivity contribution in [1.82, 2.24) is 0 Å². The standard InChI is InChI=1S/C12H24FN/c1-4-12(13,8-14)11-6-9(2)5-10(3)7-11/h9-11H,4-8,14H2,1-3H3. The molecule has 3 atom stereocenters. The summed E-state index contributed by atoms with van der Waals surface area (Å²) in [6.07, 6.45) is 3.85. The van der Waals surface area contributed by atoms with Crippen LogP contribution >= 0.6 is 0 Å². The summed E-state index contributed by atoms with van der Waals surface area (Å²) in [4.78, 5) is 0. The average Bonchev–Trinajstić information content (AvgIpc) is 2.15. The Morgan fingerprint density at radius 1 is 1.21 bits per heavy atom. The lowest BCUT2D eigenvalue weighted by Crippen LogP contribution is -2.43. The first kappa shape index (κ1) is 12.0. The molecule has 1 fully saturated rings. The molecule has 2 N–H and O–H groups in total. The van der Waals surface area contributed by atoms with Crippen molar-refractivity contribution in [2.24, 2.45) is 23.5 Å². The third-order valence-corrected chi connectivity index (χ3v) is 3.84. The molecule has 1 nitrogen and oxygen atoms in total. The summed E-state index contributed by atoms with van der Waals surface area (Å²) in [7, 11) is 0. The molecule has 0 bridgehead atoms. The number of alkyl halides is 1. The van der Waals surface area contributed by atoms with Crippen molar-refractivity contribution in [3.8, 4) is 0 Å². The molecule has 1 rings (SSSR count). The van der Waals surface area contributed by atoms with Crippen LogP contribution in [0.5, 0.6) is 0 Å². The van der Waals surface area contributed by atoms with E-state index in [4.69, 9.17) is 5.73 Å². The van der Waals surface area contributed by atoms with Crippen molar-refractivity contribution >= 4 is 0 Å². The molecule has 0 radical (unpaired) electrons. The molecule has 0 heterocycles. The van der Waals surface area contributed by atoms with Crippen LogP contribution in [0.15, 0.2) is 0 Å². The largest absolute Gasteiger partial charge is 0.328 e. The van der Waals surface area contributed by atoms with Gasteiger partial charge in [-0.25, -0.2) is 4.39 Å². The van der Waals surface area contributed by atoms with Gasteiger partial charge in [-0.1, -0.05) is 20.8 Å². The number of nitrogens with two attached hydrogens (primary N) is 1. The number of halogens is 1. The molecule has 1 aliphatic carbocycles. The highest BCUT2D eigenvalue weighted by molar-refractivity contribution is 4.91. The van der Waals surface area contributed by atoms with Gasteiger partial charge in [0.2, 0.25) is 0 Å². The van der Waals surface area contributed by atoms with E-state index in [2.05, 4.69) is 13.8 Å². The molecule has 1 aliphatic rings. The molecule has 2 heteroatoms. The Hall–Kier alpha value is -0.110. The fraction of sp³-hybridized carbons (Fsp3) is 1.00. The van der Waals surface area contributed by atoms with Gasteiger partial charge in [0.15, 0.2) is 0 Å². The van der Waals surface area contributed by atoms with Crippen molar-refractivity contribution in [2.45, 2.75) is 52.1 Å². The maximum Gasteiger partial charge on any atom is 0.125 e. The first-order valence-corrected chi connectivity index (χ1v) is 5.90. The quantitative estimate of drug-likeness (QED) is 0.746. The van der Waals surface area contributed by atoms with Crippen LogP contribution in [0.4, 0.5) is 4.39 Å². The van der Waals surface area contributed by atoms with E-state index < -0.39 is 5.67 Å². The van der Waals surface area contributed by atoms with Gasteiger partial charge in [0.1, 0.15) is 5.67 Å². The fourth-order valence-corrected chi connectivity index (χ4v) is 2.97. The van der Waals surface area contributed by atoms with E-state index in [1.54, 1.807) is 0 Å². The molecule has 0 aromatic carbocycles. The van der Waals surface area contributed by atoms with Crippen molar-refractivity contribution in [3.05, 3.63) is 0 Å².